The van der Waals surface area contributed by atoms with Crippen molar-refractivity contribution in [3.63, 3.8) is 0 Å². The number of hydrogen-bond donors (Lipinski definition) is 1. The van der Waals surface area contributed by atoms with Crippen LogP contribution in [-0.2, 0) is 16.6 Å². The maximum Gasteiger partial charge on any atom is 0.323 e. The molecule has 0 amide bonds. The van der Waals surface area contributed by atoms with Crippen molar-refractivity contribution in [3.8, 4) is 0 Å². The lowest BCUT2D eigenvalue weighted by Crippen LogP contribution is -2.37. The lowest BCUT2D eigenvalue weighted by atomic mass is 9.99. The first kappa shape index (κ1) is 10.7. The molecule has 0 saturated heterocycles. The summed E-state index contributed by atoms with van der Waals surface area (Å²) in [6.45, 7) is 1.87. The standard InChI is InChI=1S/C9H15N3O2/c1-6(8(10)9(13)14-3)7-4-5-11-12(7)2/h4-6,8H,10H2,1-3H3. The predicted molar refractivity (Wildman–Crippen MR) is 51.6 cm³/mol. The number of esters is 1. The monoisotopic (exact) mass is 197 g/mol. The first-order valence-corrected chi connectivity index (χ1v) is 4.39. The number of carbonyl (C=O) groups is 1. The Labute approximate surface area is 82.8 Å². The van der Waals surface area contributed by atoms with Crippen molar-refractivity contribution in [2.75, 3.05) is 7.11 Å². The third-order valence-corrected chi connectivity index (χ3v) is 2.34. The van der Waals surface area contributed by atoms with Gasteiger partial charge in [0.25, 0.3) is 0 Å². The van der Waals surface area contributed by atoms with Gasteiger partial charge in [-0.3, -0.25) is 9.48 Å². The summed E-state index contributed by atoms with van der Waals surface area (Å²) < 4.78 is 6.28. The number of nitrogens with two attached hydrogens (primary N) is 1. The summed E-state index contributed by atoms with van der Waals surface area (Å²) in [7, 11) is 3.15. The number of aromatic nitrogens is 2. The van der Waals surface area contributed by atoms with Crippen LogP contribution in [0, 0.1) is 0 Å². The number of carbonyl (C=O) groups excluding carboxylic acids is 1. The molecule has 0 saturated carbocycles. The summed E-state index contributed by atoms with van der Waals surface area (Å²) in [6.07, 6.45) is 1.68. The summed E-state index contributed by atoms with van der Waals surface area (Å²) in [5, 5.41) is 4.01. The number of methoxy groups -OCH3 is 1. The zero-order valence-corrected chi connectivity index (χ0v) is 8.60. The molecule has 5 nitrogen and oxygen atoms in total. The molecule has 5 heteroatoms. The summed E-state index contributed by atoms with van der Waals surface area (Å²) in [4.78, 5) is 11.2. The van der Waals surface area contributed by atoms with Crippen LogP contribution in [0.25, 0.3) is 0 Å². The molecule has 1 rings (SSSR count). The van der Waals surface area contributed by atoms with Crippen molar-refractivity contribution < 1.29 is 9.53 Å². The van der Waals surface area contributed by atoms with Crippen molar-refractivity contribution >= 4 is 5.97 Å². The first-order valence-electron chi connectivity index (χ1n) is 4.39. The summed E-state index contributed by atoms with van der Waals surface area (Å²) in [5.41, 5.74) is 6.64. The Hall–Kier alpha value is -1.36. The van der Waals surface area contributed by atoms with Crippen LogP contribution in [0.2, 0.25) is 0 Å². The van der Waals surface area contributed by atoms with Crippen molar-refractivity contribution in [2.24, 2.45) is 12.8 Å². The quantitative estimate of drug-likeness (QED) is 0.694. The van der Waals surface area contributed by atoms with Gasteiger partial charge in [0.2, 0.25) is 0 Å². The van der Waals surface area contributed by atoms with E-state index >= 15 is 0 Å². The summed E-state index contributed by atoms with van der Waals surface area (Å²) >= 11 is 0. The lowest BCUT2D eigenvalue weighted by Gasteiger charge is -2.17. The second-order valence-corrected chi connectivity index (χ2v) is 3.22. The maximum absolute atomic E-state index is 11.2. The molecule has 2 N–H and O–H groups in total. The molecule has 0 aliphatic rings. The number of nitrogens with zero attached hydrogens (tertiary/aromatic N) is 2. The van der Waals surface area contributed by atoms with Crippen molar-refractivity contribution in [1.29, 1.82) is 0 Å². The van der Waals surface area contributed by atoms with E-state index in [1.807, 2.05) is 20.0 Å². The van der Waals surface area contributed by atoms with Gasteiger partial charge in [0.05, 0.1) is 7.11 Å². The molecule has 14 heavy (non-hydrogen) atoms. The Bertz CT molecular complexity index is 322. The average molecular weight is 197 g/mol. The fourth-order valence-electron chi connectivity index (χ4n) is 1.35. The van der Waals surface area contributed by atoms with E-state index in [0.717, 1.165) is 5.69 Å². The summed E-state index contributed by atoms with van der Waals surface area (Å²) in [5.74, 6) is -0.506. The minimum atomic E-state index is -0.643. The first-order chi connectivity index (χ1) is 6.57. The van der Waals surface area contributed by atoms with Gasteiger partial charge in [-0.25, -0.2) is 0 Å². The van der Waals surface area contributed by atoms with Gasteiger partial charge in [-0.15, -0.1) is 0 Å². The van der Waals surface area contributed by atoms with Crippen LogP contribution in [0.3, 0.4) is 0 Å². The van der Waals surface area contributed by atoms with Crippen molar-refractivity contribution in [1.82, 2.24) is 9.78 Å². The van der Waals surface area contributed by atoms with Crippen molar-refractivity contribution in [3.05, 3.63) is 18.0 Å². The van der Waals surface area contributed by atoms with Crippen LogP contribution in [0.15, 0.2) is 12.3 Å². The molecule has 2 atom stereocenters. The fraction of sp³-hybridized carbons (Fsp3) is 0.556. The highest BCUT2D eigenvalue weighted by Crippen LogP contribution is 2.17. The number of ether oxygens (including phenoxy) is 1. The van der Waals surface area contributed by atoms with E-state index in [1.54, 1.807) is 10.9 Å². The smallest absolute Gasteiger partial charge is 0.323 e. The van der Waals surface area contributed by atoms with Gasteiger partial charge in [0, 0.05) is 24.9 Å². The molecule has 0 aliphatic carbocycles. The summed E-state index contributed by atoms with van der Waals surface area (Å²) in [6, 6.07) is 1.20. The molecule has 1 aromatic rings. The molecule has 0 spiro atoms. The Kier molecular flexibility index (Phi) is 3.24. The van der Waals surface area contributed by atoms with E-state index in [2.05, 4.69) is 9.84 Å². The molecular weight excluding hydrogens is 182 g/mol. The van der Waals surface area contributed by atoms with E-state index in [1.165, 1.54) is 7.11 Å². The average Bonchev–Trinajstić information content (AvgIpc) is 2.61. The third kappa shape index (κ3) is 1.93. The minimum absolute atomic E-state index is 0.102. The molecule has 0 bridgehead atoms. The third-order valence-electron chi connectivity index (χ3n) is 2.34. The Morgan fingerprint density at radius 3 is 2.79 bits per heavy atom. The topological polar surface area (TPSA) is 70.1 Å². The van der Waals surface area contributed by atoms with Gasteiger partial charge in [0.1, 0.15) is 6.04 Å². The van der Waals surface area contributed by atoms with Crippen LogP contribution in [0.1, 0.15) is 18.5 Å². The van der Waals surface area contributed by atoms with Gasteiger partial charge in [-0.1, -0.05) is 6.92 Å². The zero-order valence-electron chi connectivity index (χ0n) is 8.60. The van der Waals surface area contributed by atoms with E-state index in [0.29, 0.717) is 0 Å². The highest BCUT2D eigenvalue weighted by Gasteiger charge is 2.24. The number of aryl methyl sites for hydroxylation is 1. The SMILES string of the molecule is COC(=O)C(N)C(C)c1ccnn1C. The van der Waals surface area contributed by atoms with Gasteiger partial charge >= 0.3 is 5.97 Å². The molecule has 0 radical (unpaired) electrons. The molecule has 1 aromatic heterocycles. The number of hydrogen-bond acceptors (Lipinski definition) is 4. The Balaban J connectivity index is 2.80. The van der Waals surface area contributed by atoms with E-state index in [9.17, 15) is 4.79 Å². The van der Waals surface area contributed by atoms with Crippen LogP contribution in [0.5, 0.6) is 0 Å². The Morgan fingerprint density at radius 2 is 2.36 bits per heavy atom. The zero-order chi connectivity index (χ0) is 10.7. The Morgan fingerprint density at radius 1 is 1.71 bits per heavy atom. The molecular formula is C9H15N3O2. The number of rotatable bonds is 3. The minimum Gasteiger partial charge on any atom is -0.468 e. The molecule has 1 heterocycles. The predicted octanol–water partition coefficient (Wildman–Crippen LogP) is 0.0239. The van der Waals surface area contributed by atoms with Crippen molar-refractivity contribution in [2.45, 2.75) is 18.9 Å². The van der Waals surface area contributed by atoms with Gasteiger partial charge in [0.15, 0.2) is 0 Å². The second kappa shape index (κ2) is 4.23. The fourth-order valence-corrected chi connectivity index (χ4v) is 1.35. The largest absolute Gasteiger partial charge is 0.468 e. The van der Waals surface area contributed by atoms with E-state index in [-0.39, 0.29) is 5.92 Å². The van der Waals surface area contributed by atoms with E-state index in [4.69, 9.17) is 5.73 Å². The van der Waals surface area contributed by atoms with Crippen LogP contribution >= 0.6 is 0 Å². The molecule has 0 aromatic carbocycles. The normalized spacial score (nSPS) is 14.9. The van der Waals surface area contributed by atoms with Gasteiger partial charge < -0.3 is 10.5 Å². The van der Waals surface area contributed by atoms with Gasteiger partial charge in [-0.05, 0) is 6.07 Å². The second-order valence-electron chi connectivity index (χ2n) is 3.22. The highest BCUT2D eigenvalue weighted by molar-refractivity contribution is 5.76. The highest BCUT2D eigenvalue weighted by atomic mass is 16.5. The maximum atomic E-state index is 11.2. The lowest BCUT2D eigenvalue weighted by molar-refractivity contribution is -0.142. The van der Waals surface area contributed by atoms with Crippen LogP contribution in [-0.4, -0.2) is 28.9 Å². The molecule has 0 fully saturated rings. The molecule has 2 unspecified atom stereocenters. The van der Waals surface area contributed by atoms with Gasteiger partial charge in [-0.2, -0.15) is 5.10 Å². The molecule has 78 valence electrons. The van der Waals surface area contributed by atoms with Crippen LogP contribution < -0.4 is 5.73 Å². The van der Waals surface area contributed by atoms with E-state index < -0.39 is 12.0 Å². The van der Waals surface area contributed by atoms with Crippen LogP contribution in [0.4, 0.5) is 0 Å². The molecule has 0 aliphatic heterocycles.